The Labute approximate surface area is 111 Å². The molecule has 3 nitrogen and oxygen atoms in total. The Morgan fingerprint density at radius 2 is 1.80 bits per heavy atom. The van der Waals surface area contributed by atoms with Crippen molar-refractivity contribution >= 4 is 42.1 Å². The number of nitrogens with zero attached hydrogens (tertiary/aromatic N) is 1. The lowest BCUT2D eigenvalue weighted by Gasteiger charge is -2.28. The van der Waals surface area contributed by atoms with Crippen molar-refractivity contribution in [2.24, 2.45) is 11.7 Å². The minimum Gasteiger partial charge on any atom is -0.484 e. The summed E-state index contributed by atoms with van der Waals surface area (Å²) in [5.74, 6) is 0.459. The van der Waals surface area contributed by atoms with Gasteiger partial charge in [0.1, 0.15) is 6.61 Å². The van der Waals surface area contributed by atoms with E-state index in [9.17, 15) is 0 Å². The van der Waals surface area contributed by atoms with Crippen LogP contribution < -0.4 is 5.73 Å². The van der Waals surface area contributed by atoms with Crippen LogP contribution in [0.2, 0.25) is 0 Å². The van der Waals surface area contributed by atoms with Gasteiger partial charge in [-0.15, -0.1) is 24.8 Å². The number of hydrogen-bond donors (Lipinski definition) is 1. The van der Waals surface area contributed by atoms with Crippen LogP contribution in [0.4, 0.5) is 0 Å². The van der Waals surface area contributed by atoms with Crippen LogP contribution in [-0.2, 0) is 4.74 Å². The molecule has 94 valence electrons. The molecular formula is C9H22Cl2N2OS. The molecule has 0 saturated heterocycles. The fourth-order valence-corrected chi connectivity index (χ4v) is 1.89. The number of thiocarbonyl (C=S) groups is 1. The predicted octanol–water partition coefficient (Wildman–Crippen LogP) is 1.72. The van der Waals surface area contributed by atoms with Gasteiger partial charge in [-0.2, -0.15) is 0 Å². The first-order valence-corrected chi connectivity index (χ1v) is 4.94. The second kappa shape index (κ2) is 10.9. The molecule has 0 radical (unpaired) electrons. The Bertz CT molecular complexity index is 160. The van der Waals surface area contributed by atoms with E-state index in [1.54, 1.807) is 0 Å². The number of halogens is 2. The fourth-order valence-electron chi connectivity index (χ4n) is 1.32. The van der Waals surface area contributed by atoms with Gasteiger partial charge in [0, 0.05) is 6.54 Å². The molecule has 0 aromatic heterocycles. The Morgan fingerprint density at radius 1 is 1.33 bits per heavy atom. The second-order valence-electron chi connectivity index (χ2n) is 3.61. The first-order chi connectivity index (χ1) is 6.00. The predicted molar refractivity (Wildman–Crippen MR) is 74.4 cm³/mol. The molecule has 1 atom stereocenters. The number of hydrogen-bond acceptors (Lipinski definition) is 4. The summed E-state index contributed by atoms with van der Waals surface area (Å²) in [6.07, 6.45) is 0. The Morgan fingerprint density at radius 3 is 2.07 bits per heavy atom. The van der Waals surface area contributed by atoms with E-state index in [1.165, 1.54) is 0 Å². The average molecular weight is 277 g/mol. The van der Waals surface area contributed by atoms with Gasteiger partial charge in [-0.05, 0) is 32.2 Å². The molecule has 0 aliphatic heterocycles. The largest absolute Gasteiger partial charge is 0.484 e. The molecule has 0 fully saturated rings. The molecule has 0 unspecified atom stereocenters. The SMILES string of the molecule is CC(C)[C@@H](C(=S)OCCN)N(C)C.Cl.Cl. The van der Waals surface area contributed by atoms with Gasteiger partial charge in [0.25, 0.3) is 0 Å². The first-order valence-electron chi connectivity index (χ1n) is 4.53. The van der Waals surface area contributed by atoms with Gasteiger partial charge >= 0.3 is 0 Å². The van der Waals surface area contributed by atoms with Crippen LogP contribution in [0.3, 0.4) is 0 Å². The molecule has 2 N–H and O–H groups in total. The number of nitrogens with two attached hydrogens (primary N) is 1. The summed E-state index contributed by atoms with van der Waals surface area (Å²) in [5, 5.41) is 0.644. The zero-order valence-corrected chi connectivity index (χ0v) is 12.2. The van der Waals surface area contributed by atoms with Crippen molar-refractivity contribution in [3.63, 3.8) is 0 Å². The van der Waals surface area contributed by atoms with Crippen LogP contribution in [0.1, 0.15) is 13.8 Å². The molecule has 0 heterocycles. The Kier molecular flexibility index (Phi) is 15.1. The molecule has 0 aliphatic rings. The molecule has 0 aromatic rings. The normalized spacial score (nSPS) is 11.7. The van der Waals surface area contributed by atoms with Crippen molar-refractivity contribution in [2.75, 3.05) is 27.2 Å². The maximum atomic E-state index is 5.34. The molecular weight excluding hydrogens is 255 g/mol. The third-order valence-corrected chi connectivity index (χ3v) is 2.15. The van der Waals surface area contributed by atoms with E-state index in [4.69, 9.17) is 22.7 Å². The average Bonchev–Trinajstić information content (AvgIpc) is 1.99. The Balaban J connectivity index is -0.000000720. The lowest BCUT2D eigenvalue weighted by atomic mass is 10.0. The molecule has 6 heteroatoms. The van der Waals surface area contributed by atoms with Crippen molar-refractivity contribution in [3.05, 3.63) is 0 Å². The van der Waals surface area contributed by atoms with E-state index < -0.39 is 0 Å². The standard InChI is InChI=1S/C9H20N2OS.2ClH/c1-7(2)8(11(3)4)9(13)12-6-5-10;;/h7-8H,5-6,10H2,1-4H3;2*1H/t8-;;/m0../s1. The second-order valence-corrected chi connectivity index (χ2v) is 4.01. The van der Waals surface area contributed by atoms with Crippen LogP contribution in [0.5, 0.6) is 0 Å². The third-order valence-electron chi connectivity index (χ3n) is 1.79. The van der Waals surface area contributed by atoms with Gasteiger partial charge in [-0.1, -0.05) is 13.8 Å². The molecule has 0 saturated carbocycles. The van der Waals surface area contributed by atoms with Gasteiger partial charge in [0.05, 0.1) is 6.04 Å². The molecule has 0 spiro atoms. The van der Waals surface area contributed by atoms with Crippen LogP contribution >= 0.6 is 37.0 Å². The highest BCUT2D eigenvalue weighted by Gasteiger charge is 2.21. The fraction of sp³-hybridized carbons (Fsp3) is 0.889. The molecule has 0 aliphatic carbocycles. The van der Waals surface area contributed by atoms with Crippen LogP contribution in [-0.4, -0.2) is 43.2 Å². The molecule has 0 bridgehead atoms. The van der Waals surface area contributed by atoms with Crippen molar-refractivity contribution in [1.29, 1.82) is 0 Å². The lowest BCUT2D eigenvalue weighted by Crippen LogP contribution is -2.40. The highest BCUT2D eigenvalue weighted by Crippen LogP contribution is 2.10. The summed E-state index contributed by atoms with van der Waals surface area (Å²) in [6, 6.07) is 0.196. The van der Waals surface area contributed by atoms with Crippen molar-refractivity contribution in [1.82, 2.24) is 4.90 Å². The van der Waals surface area contributed by atoms with Crippen molar-refractivity contribution in [2.45, 2.75) is 19.9 Å². The van der Waals surface area contributed by atoms with E-state index in [-0.39, 0.29) is 30.9 Å². The molecule has 0 amide bonds. The summed E-state index contributed by atoms with van der Waals surface area (Å²) < 4.78 is 5.34. The van der Waals surface area contributed by atoms with Gasteiger partial charge in [0.15, 0.2) is 5.05 Å². The van der Waals surface area contributed by atoms with E-state index in [0.717, 1.165) is 0 Å². The van der Waals surface area contributed by atoms with Crippen molar-refractivity contribution < 1.29 is 4.74 Å². The monoisotopic (exact) mass is 276 g/mol. The number of ether oxygens (including phenoxy) is 1. The van der Waals surface area contributed by atoms with Gasteiger partial charge in [-0.25, -0.2) is 0 Å². The van der Waals surface area contributed by atoms with E-state index in [2.05, 4.69) is 18.7 Å². The quantitative estimate of drug-likeness (QED) is 0.777. The highest BCUT2D eigenvalue weighted by atomic mass is 35.5. The van der Waals surface area contributed by atoms with Crippen LogP contribution in [0, 0.1) is 5.92 Å². The minimum atomic E-state index is 0. The zero-order valence-electron chi connectivity index (χ0n) is 9.73. The van der Waals surface area contributed by atoms with Gasteiger partial charge in [0.2, 0.25) is 0 Å². The first kappa shape index (κ1) is 20.8. The Hall–Kier alpha value is 0.390. The van der Waals surface area contributed by atoms with Crippen LogP contribution in [0.15, 0.2) is 0 Å². The summed E-state index contributed by atoms with van der Waals surface area (Å²) in [7, 11) is 4.01. The lowest BCUT2D eigenvalue weighted by molar-refractivity contribution is 0.232. The van der Waals surface area contributed by atoms with E-state index in [0.29, 0.717) is 24.1 Å². The number of likely N-dealkylation sites (N-methyl/N-ethyl adjacent to an activating group) is 1. The summed E-state index contributed by atoms with van der Waals surface area (Å²) >= 11 is 5.17. The smallest absolute Gasteiger partial charge is 0.177 e. The zero-order chi connectivity index (χ0) is 10.4. The minimum absolute atomic E-state index is 0. The molecule has 0 rings (SSSR count). The van der Waals surface area contributed by atoms with Gasteiger partial charge < -0.3 is 10.5 Å². The molecule has 0 aromatic carbocycles. The number of rotatable bonds is 5. The topological polar surface area (TPSA) is 38.5 Å². The summed E-state index contributed by atoms with van der Waals surface area (Å²) in [4.78, 5) is 2.07. The van der Waals surface area contributed by atoms with E-state index >= 15 is 0 Å². The van der Waals surface area contributed by atoms with Crippen molar-refractivity contribution in [3.8, 4) is 0 Å². The van der Waals surface area contributed by atoms with Crippen LogP contribution in [0.25, 0.3) is 0 Å². The third kappa shape index (κ3) is 8.22. The summed E-state index contributed by atoms with van der Waals surface area (Å²) in [5.41, 5.74) is 5.33. The van der Waals surface area contributed by atoms with Gasteiger partial charge in [-0.3, -0.25) is 4.90 Å². The van der Waals surface area contributed by atoms with E-state index in [1.807, 2.05) is 14.1 Å². The summed E-state index contributed by atoms with van der Waals surface area (Å²) in [6.45, 7) is 5.28. The maximum Gasteiger partial charge on any atom is 0.177 e. The highest BCUT2D eigenvalue weighted by molar-refractivity contribution is 7.80. The maximum absolute atomic E-state index is 5.34. The molecule has 15 heavy (non-hydrogen) atoms.